The van der Waals surface area contributed by atoms with Gasteiger partial charge in [-0.1, -0.05) is 42.5 Å². The van der Waals surface area contributed by atoms with Gasteiger partial charge in [0.2, 0.25) is 0 Å². The van der Waals surface area contributed by atoms with Crippen molar-refractivity contribution < 1.29 is 23.8 Å². The number of rotatable bonds is 7. The molecule has 1 aliphatic rings. The van der Waals surface area contributed by atoms with Crippen LogP contribution in [0.25, 0.3) is 0 Å². The normalized spacial score (nSPS) is 16.4. The Morgan fingerprint density at radius 3 is 2.71 bits per heavy atom. The van der Waals surface area contributed by atoms with Gasteiger partial charge in [0.05, 0.1) is 12.6 Å². The molecule has 3 N–H and O–H groups in total. The van der Waals surface area contributed by atoms with E-state index in [9.17, 15) is 14.0 Å². The largest absolute Gasteiger partial charge is 0.490 e. The molecular weight excluding hydrogens is 363 g/mol. The van der Waals surface area contributed by atoms with E-state index in [1.54, 1.807) is 12.1 Å². The van der Waals surface area contributed by atoms with E-state index in [0.717, 1.165) is 5.56 Å². The number of para-hydroxylation sites is 1. The zero-order chi connectivity index (χ0) is 19.9. The van der Waals surface area contributed by atoms with Crippen LogP contribution in [0.1, 0.15) is 36.4 Å². The van der Waals surface area contributed by atoms with Crippen molar-refractivity contribution in [2.75, 3.05) is 6.61 Å². The molecule has 28 heavy (non-hydrogen) atoms. The monoisotopic (exact) mass is 386 g/mol. The first-order valence-electron chi connectivity index (χ1n) is 9.27. The van der Waals surface area contributed by atoms with Gasteiger partial charge in [-0.15, -0.1) is 0 Å². The summed E-state index contributed by atoms with van der Waals surface area (Å²) in [7, 11) is 0. The Kier molecular flexibility index (Phi) is 6.47. The molecule has 1 unspecified atom stereocenters. The average molecular weight is 386 g/mol. The fourth-order valence-corrected chi connectivity index (χ4v) is 3.34. The minimum absolute atomic E-state index is 0.0386. The van der Waals surface area contributed by atoms with E-state index in [1.807, 2.05) is 30.3 Å². The van der Waals surface area contributed by atoms with Crippen LogP contribution < -0.4 is 15.4 Å². The van der Waals surface area contributed by atoms with E-state index in [-0.39, 0.29) is 24.3 Å². The van der Waals surface area contributed by atoms with Crippen LogP contribution in [0.5, 0.6) is 5.75 Å². The van der Waals surface area contributed by atoms with Crippen LogP contribution in [-0.2, 0) is 11.2 Å². The SMILES string of the molecule is O=C(O)CCC(Cc1ccccc1)NC(=O)N[C@H]1CCOc2c(F)cccc21. The minimum Gasteiger partial charge on any atom is -0.490 e. The number of urea groups is 1. The van der Waals surface area contributed by atoms with E-state index in [0.29, 0.717) is 31.4 Å². The summed E-state index contributed by atoms with van der Waals surface area (Å²) in [4.78, 5) is 23.5. The zero-order valence-corrected chi connectivity index (χ0v) is 15.4. The molecule has 0 saturated heterocycles. The lowest BCUT2D eigenvalue weighted by Crippen LogP contribution is -2.45. The molecule has 3 rings (SSSR count). The van der Waals surface area contributed by atoms with E-state index < -0.39 is 17.8 Å². The Balaban J connectivity index is 1.65. The number of aliphatic carboxylic acids is 1. The van der Waals surface area contributed by atoms with Gasteiger partial charge in [0.1, 0.15) is 0 Å². The van der Waals surface area contributed by atoms with Crippen molar-refractivity contribution in [3.05, 3.63) is 65.5 Å². The predicted octanol–water partition coefficient (Wildman–Crippen LogP) is 3.42. The molecule has 7 heteroatoms. The third kappa shape index (κ3) is 5.22. The molecule has 2 aromatic rings. The van der Waals surface area contributed by atoms with Crippen LogP contribution in [-0.4, -0.2) is 29.8 Å². The highest BCUT2D eigenvalue weighted by molar-refractivity contribution is 5.75. The van der Waals surface area contributed by atoms with Gasteiger partial charge in [0, 0.05) is 24.4 Å². The van der Waals surface area contributed by atoms with Gasteiger partial charge in [0.25, 0.3) is 0 Å². The highest BCUT2D eigenvalue weighted by Crippen LogP contribution is 2.33. The summed E-state index contributed by atoms with van der Waals surface area (Å²) in [6.45, 7) is 0.311. The minimum atomic E-state index is -0.908. The smallest absolute Gasteiger partial charge is 0.315 e. The number of carbonyl (C=O) groups is 2. The molecule has 2 atom stereocenters. The molecule has 2 aromatic carbocycles. The Hall–Kier alpha value is -3.09. The first-order valence-corrected chi connectivity index (χ1v) is 9.27. The fourth-order valence-electron chi connectivity index (χ4n) is 3.34. The maximum atomic E-state index is 13.9. The summed E-state index contributed by atoms with van der Waals surface area (Å²) >= 11 is 0. The van der Waals surface area contributed by atoms with E-state index in [4.69, 9.17) is 9.84 Å². The molecule has 1 aliphatic heterocycles. The Bertz CT molecular complexity index is 828. The maximum Gasteiger partial charge on any atom is 0.315 e. The fraction of sp³-hybridized carbons (Fsp3) is 0.333. The Morgan fingerprint density at radius 2 is 1.96 bits per heavy atom. The van der Waals surface area contributed by atoms with Crippen LogP contribution in [0.4, 0.5) is 9.18 Å². The Morgan fingerprint density at radius 1 is 1.18 bits per heavy atom. The summed E-state index contributed by atoms with van der Waals surface area (Å²) in [6.07, 6.45) is 1.34. The average Bonchev–Trinajstić information content (AvgIpc) is 2.68. The van der Waals surface area contributed by atoms with Crippen molar-refractivity contribution in [1.82, 2.24) is 10.6 Å². The van der Waals surface area contributed by atoms with Crippen LogP contribution in [0.2, 0.25) is 0 Å². The number of hydrogen-bond donors (Lipinski definition) is 3. The van der Waals surface area contributed by atoms with Gasteiger partial charge >= 0.3 is 12.0 Å². The van der Waals surface area contributed by atoms with Gasteiger partial charge in [0.15, 0.2) is 11.6 Å². The number of carboxylic acids is 1. The lowest BCUT2D eigenvalue weighted by molar-refractivity contribution is -0.137. The van der Waals surface area contributed by atoms with Crippen molar-refractivity contribution in [3.8, 4) is 5.75 Å². The molecule has 148 valence electrons. The number of amides is 2. The zero-order valence-electron chi connectivity index (χ0n) is 15.4. The van der Waals surface area contributed by atoms with Crippen molar-refractivity contribution in [1.29, 1.82) is 0 Å². The van der Waals surface area contributed by atoms with E-state index >= 15 is 0 Å². The van der Waals surface area contributed by atoms with Crippen LogP contribution >= 0.6 is 0 Å². The van der Waals surface area contributed by atoms with E-state index in [2.05, 4.69) is 10.6 Å². The van der Waals surface area contributed by atoms with Crippen molar-refractivity contribution in [3.63, 3.8) is 0 Å². The second kappa shape index (κ2) is 9.21. The molecule has 0 saturated carbocycles. The molecule has 2 amide bonds. The van der Waals surface area contributed by atoms with Gasteiger partial charge in [-0.3, -0.25) is 4.79 Å². The van der Waals surface area contributed by atoms with Gasteiger partial charge < -0.3 is 20.5 Å². The number of fused-ring (bicyclic) bond motifs is 1. The first-order chi connectivity index (χ1) is 13.5. The number of halogens is 1. The third-order valence-corrected chi connectivity index (χ3v) is 4.70. The second-order valence-corrected chi connectivity index (χ2v) is 6.78. The number of ether oxygens (including phenoxy) is 1. The summed E-state index contributed by atoms with van der Waals surface area (Å²) in [6, 6.07) is 13.1. The quantitative estimate of drug-likeness (QED) is 0.680. The Labute approximate surface area is 162 Å². The third-order valence-electron chi connectivity index (χ3n) is 4.70. The molecule has 0 bridgehead atoms. The summed E-state index contributed by atoms with van der Waals surface area (Å²) in [5.41, 5.74) is 1.61. The molecule has 1 heterocycles. The predicted molar refractivity (Wildman–Crippen MR) is 102 cm³/mol. The van der Waals surface area contributed by atoms with Crippen molar-refractivity contribution in [2.45, 2.75) is 37.8 Å². The van der Waals surface area contributed by atoms with Crippen molar-refractivity contribution >= 4 is 12.0 Å². The van der Waals surface area contributed by atoms with Crippen LogP contribution in [0, 0.1) is 5.82 Å². The van der Waals surface area contributed by atoms with Crippen LogP contribution in [0.15, 0.2) is 48.5 Å². The molecule has 0 radical (unpaired) electrons. The lowest BCUT2D eigenvalue weighted by atomic mass is 10.00. The van der Waals surface area contributed by atoms with Gasteiger partial charge in [-0.05, 0) is 24.5 Å². The lowest BCUT2D eigenvalue weighted by Gasteiger charge is -2.28. The second-order valence-electron chi connectivity index (χ2n) is 6.78. The number of carbonyl (C=O) groups excluding carboxylic acids is 1. The summed E-state index contributed by atoms with van der Waals surface area (Å²) < 4.78 is 19.3. The first kappa shape index (κ1) is 19.7. The van der Waals surface area contributed by atoms with Crippen molar-refractivity contribution in [2.24, 2.45) is 0 Å². The number of carboxylic acid groups (broad SMARTS) is 1. The van der Waals surface area contributed by atoms with Gasteiger partial charge in [-0.25, -0.2) is 9.18 Å². The number of nitrogens with one attached hydrogen (secondary N) is 2. The van der Waals surface area contributed by atoms with Crippen LogP contribution in [0.3, 0.4) is 0 Å². The summed E-state index contributed by atoms with van der Waals surface area (Å²) in [5, 5.41) is 14.7. The molecule has 0 spiro atoms. The molecule has 0 fully saturated rings. The molecule has 0 aliphatic carbocycles. The molecular formula is C21H23FN2O4. The maximum absolute atomic E-state index is 13.9. The van der Waals surface area contributed by atoms with E-state index in [1.165, 1.54) is 6.07 Å². The highest BCUT2D eigenvalue weighted by atomic mass is 19.1. The highest BCUT2D eigenvalue weighted by Gasteiger charge is 2.26. The molecule has 0 aromatic heterocycles. The number of hydrogen-bond acceptors (Lipinski definition) is 3. The topological polar surface area (TPSA) is 87.7 Å². The summed E-state index contributed by atoms with van der Waals surface area (Å²) in [5.74, 6) is -1.19. The van der Waals surface area contributed by atoms with Gasteiger partial charge in [-0.2, -0.15) is 0 Å². The molecule has 6 nitrogen and oxygen atoms in total. The standard InChI is InChI=1S/C21H23FN2O4/c22-17-8-4-7-16-18(11-12-28-20(16)17)24-21(27)23-15(9-10-19(25)26)13-14-5-2-1-3-6-14/h1-8,15,18H,9-13H2,(H,25,26)(H2,23,24,27)/t15?,18-/m0/s1. The number of benzene rings is 2.